The van der Waals surface area contributed by atoms with E-state index in [9.17, 15) is 14.4 Å². The number of unbranched alkanes of at least 4 members (excludes halogenated alkanes) is 26. The molecule has 0 aromatic carbocycles. The van der Waals surface area contributed by atoms with E-state index in [4.69, 9.17) is 14.2 Å². The van der Waals surface area contributed by atoms with E-state index in [1.165, 1.54) is 128 Å². The fourth-order valence-corrected chi connectivity index (χ4v) is 8.39. The van der Waals surface area contributed by atoms with Crippen LogP contribution in [0.15, 0.2) is 109 Å². The summed E-state index contributed by atoms with van der Waals surface area (Å²) in [5, 5.41) is 0. The van der Waals surface area contributed by atoms with Crippen LogP contribution in [0.4, 0.5) is 0 Å². The molecule has 0 aromatic heterocycles. The van der Waals surface area contributed by atoms with E-state index in [-0.39, 0.29) is 31.1 Å². The highest BCUT2D eigenvalue weighted by Gasteiger charge is 2.19. The Kier molecular flexibility index (Phi) is 58.3. The Bertz CT molecular complexity index is 1510. The lowest BCUT2D eigenvalue weighted by molar-refractivity contribution is -0.167. The van der Waals surface area contributed by atoms with Gasteiger partial charge in [-0.3, -0.25) is 14.4 Å². The first-order valence-corrected chi connectivity index (χ1v) is 30.9. The molecule has 0 aliphatic heterocycles. The summed E-state index contributed by atoms with van der Waals surface area (Å²) in [6, 6.07) is 0. The van der Waals surface area contributed by atoms with Crippen molar-refractivity contribution in [1.29, 1.82) is 0 Å². The molecule has 0 saturated heterocycles. The number of hydrogen-bond acceptors (Lipinski definition) is 6. The average Bonchev–Trinajstić information content (AvgIpc) is 3.40. The molecule has 1 unspecified atom stereocenters. The molecule has 6 nitrogen and oxygen atoms in total. The molecule has 1 atom stereocenters. The van der Waals surface area contributed by atoms with E-state index in [0.717, 1.165) is 116 Å². The summed E-state index contributed by atoms with van der Waals surface area (Å²) in [6.07, 6.45) is 83.9. The smallest absolute Gasteiger partial charge is 0.306 e. The lowest BCUT2D eigenvalue weighted by Crippen LogP contribution is -2.30. The number of carbonyl (C=O) groups excluding carboxylic acids is 3. The second-order valence-corrected chi connectivity index (χ2v) is 20.2. The third kappa shape index (κ3) is 59.0. The molecular formula is C68H114O6. The zero-order chi connectivity index (χ0) is 53.6. The summed E-state index contributed by atoms with van der Waals surface area (Å²) in [5.74, 6) is -0.926. The maximum Gasteiger partial charge on any atom is 0.306 e. The zero-order valence-corrected chi connectivity index (χ0v) is 48.3. The SMILES string of the molecule is CC/C=C\C/C=C\C/C=C\C/C=C\C/C=C\C/C=C\C/C=C\CCCCCC(=O)OCC(COC(=O)CCCCCCCCCC)OC(=O)CCCCCCCCCCCCC/C=C\C/C=C\CCCCCCC. The van der Waals surface area contributed by atoms with E-state index in [2.05, 4.69) is 130 Å². The predicted molar refractivity (Wildman–Crippen MR) is 320 cm³/mol. The molecule has 0 N–H and O–H groups in total. The summed E-state index contributed by atoms with van der Waals surface area (Å²) in [5.41, 5.74) is 0. The summed E-state index contributed by atoms with van der Waals surface area (Å²) in [6.45, 7) is 6.47. The van der Waals surface area contributed by atoms with Gasteiger partial charge in [-0.15, -0.1) is 0 Å². The largest absolute Gasteiger partial charge is 0.462 e. The Labute approximate surface area is 457 Å². The fraction of sp³-hybridized carbons (Fsp3) is 0.691. The molecule has 6 heteroatoms. The van der Waals surface area contributed by atoms with Gasteiger partial charge < -0.3 is 14.2 Å². The van der Waals surface area contributed by atoms with Crippen LogP contribution in [0, 0.1) is 0 Å². The lowest BCUT2D eigenvalue weighted by atomic mass is 10.0. The molecule has 0 aromatic rings. The van der Waals surface area contributed by atoms with Gasteiger partial charge >= 0.3 is 17.9 Å². The number of allylic oxidation sites excluding steroid dienone is 18. The van der Waals surface area contributed by atoms with Crippen LogP contribution in [0.25, 0.3) is 0 Å². The number of esters is 3. The highest BCUT2D eigenvalue weighted by molar-refractivity contribution is 5.71. The van der Waals surface area contributed by atoms with Gasteiger partial charge in [-0.1, -0.05) is 265 Å². The highest BCUT2D eigenvalue weighted by Crippen LogP contribution is 2.15. The van der Waals surface area contributed by atoms with E-state index in [1.54, 1.807) is 0 Å². The van der Waals surface area contributed by atoms with Crippen molar-refractivity contribution in [2.45, 2.75) is 290 Å². The minimum atomic E-state index is -0.793. The van der Waals surface area contributed by atoms with E-state index in [1.807, 2.05) is 0 Å². The molecule has 0 rings (SSSR count). The molecule has 0 aliphatic carbocycles. The second kappa shape index (κ2) is 61.6. The molecule has 0 spiro atoms. The Morgan fingerprint density at radius 1 is 0.284 bits per heavy atom. The van der Waals surface area contributed by atoms with Gasteiger partial charge in [0.25, 0.3) is 0 Å². The average molecular weight is 1030 g/mol. The van der Waals surface area contributed by atoms with Crippen LogP contribution < -0.4 is 0 Å². The normalized spacial score (nSPS) is 12.9. The summed E-state index contributed by atoms with van der Waals surface area (Å²) in [4.78, 5) is 38.1. The predicted octanol–water partition coefficient (Wildman–Crippen LogP) is 21.0. The van der Waals surface area contributed by atoms with E-state index >= 15 is 0 Å². The van der Waals surface area contributed by atoms with Gasteiger partial charge in [0, 0.05) is 19.3 Å². The number of carbonyl (C=O) groups is 3. The van der Waals surface area contributed by atoms with Gasteiger partial charge in [-0.25, -0.2) is 0 Å². The number of ether oxygens (including phenoxy) is 3. The van der Waals surface area contributed by atoms with Crippen LogP contribution in [0.5, 0.6) is 0 Å². The quantitative estimate of drug-likeness (QED) is 0.0261. The Morgan fingerprint density at radius 2 is 0.527 bits per heavy atom. The number of hydrogen-bond donors (Lipinski definition) is 0. The van der Waals surface area contributed by atoms with Crippen molar-refractivity contribution in [2.24, 2.45) is 0 Å². The third-order valence-corrected chi connectivity index (χ3v) is 13.0. The van der Waals surface area contributed by atoms with Crippen molar-refractivity contribution < 1.29 is 28.6 Å². The van der Waals surface area contributed by atoms with Crippen LogP contribution in [-0.4, -0.2) is 37.2 Å². The van der Waals surface area contributed by atoms with Crippen molar-refractivity contribution >= 4 is 17.9 Å². The Balaban J connectivity index is 4.29. The van der Waals surface area contributed by atoms with Gasteiger partial charge in [-0.2, -0.15) is 0 Å². The molecule has 0 amide bonds. The van der Waals surface area contributed by atoms with Crippen LogP contribution in [-0.2, 0) is 28.6 Å². The molecule has 0 aliphatic rings. The second-order valence-electron chi connectivity index (χ2n) is 20.2. The van der Waals surface area contributed by atoms with Crippen molar-refractivity contribution in [2.75, 3.05) is 13.2 Å². The zero-order valence-electron chi connectivity index (χ0n) is 48.3. The van der Waals surface area contributed by atoms with Crippen LogP contribution in [0.3, 0.4) is 0 Å². The minimum Gasteiger partial charge on any atom is -0.462 e. The lowest BCUT2D eigenvalue weighted by Gasteiger charge is -2.18. The first-order valence-electron chi connectivity index (χ1n) is 30.9. The molecular weight excluding hydrogens is 913 g/mol. The van der Waals surface area contributed by atoms with Gasteiger partial charge in [0.05, 0.1) is 0 Å². The number of rotatable bonds is 55. The maximum atomic E-state index is 12.9. The third-order valence-electron chi connectivity index (χ3n) is 13.0. The van der Waals surface area contributed by atoms with Crippen molar-refractivity contribution in [3.05, 3.63) is 109 Å². The summed E-state index contributed by atoms with van der Waals surface area (Å²) in [7, 11) is 0. The van der Waals surface area contributed by atoms with Crippen molar-refractivity contribution in [1.82, 2.24) is 0 Å². The maximum absolute atomic E-state index is 12.9. The fourth-order valence-electron chi connectivity index (χ4n) is 8.39. The molecule has 0 radical (unpaired) electrons. The summed E-state index contributed by atoms with van der Waals surface area (Å²) < 4.78 is 16.8. The standard InChI is InChI=1S/C68H114O6/c1-4-7-10-13-16-19-21-23-25-27-29-31-33-34-36-37-39-41-43-45-47-49-52-55-58-61-67(70)73-64-65(63-72-66(69)60-57-54-51-18-15-12-9-6-3)74-68(71)62-59-56-53-50-48-46-44-42-40-38-35-32-30-28-26-24-22-20-17-14-11-8-5-2/h7,10,16,19,22-25,28-31,34,36,39,41,45,47,65H,4-6,8-9,11-15,17-18,20-21,26-27,32-33,35,37-38,40,42-44,46,48-64H2,1-3H3/b10-7-,19-16-,24-22-,25-23-,30-28-,31-29-,36-34-,41-39-,47-45-. The molecule has 0 bridgehead atoms. The van der Waals surface area contributed by atoms with Crippen molar-refractivity contribution in [3.8, 4) is 0 Å². The Hall–Kier alpha value is -3.93. The molecule has 74 heavy (non-hydrogen) atoms. The Morgan fingerprint density at radius 3 is 0.838 bits per heavy atom. The topological polar surface area (TPSA) is 78.9 Å². The monoisotopic (exact) mass is 1030 g/mol. The molecule has 422 valence electrons. The van der Waals surface area contributed by atoms with Crippen LogP contribution >= 0.6 is 0 Å². The van der Waals surface area contributed by atoms with Crippen LogP contribution in [0.1, 0.15) is 284 Å². The van der Waals surface area contributed by atoms with Gasteiger partial charge in [0.1, 0.15) is 13.2 Å². The van der Waals surface area contributed by atoms with Gasteiger partial charge in [0.2, 0.25) is 0 Å². The van der Waals surface area contributed by atoms with Crippen molar-refractivity contribution in [3.63, 3.8) is 0 Å². The van der Waals surface area contributed by atoms with E-state index < -0.39 is 6.10 Å². The van der Waals surface area contributed by atoms with E-state index in [0.29, 0.717) is 19.3 Å². The van der Waals surface area contributed by atoms with Gasteiger partial charge in [0.15, 0.2) is 6.10 Å². The van der Waals surface area contributed by atoms with Gasteiger partial charge in [-0.05, 0) is 109 Å². The molecule has 0 heterocycles. The summed E-state index contributed by atoms with van der Waals surface area (Å²) >= 11 is 0. The minimum absolute atomic E-state index is 0.0892. The molecule has 0 fully saturated rings. The highest BCUT2D eigenvalue weighted by atomic mass is 16.6. The molecule has 0 saturated carbocycles. The first-order chi connectivity index (χ1) is 36.5. The van der Waals surface area contributed by atoms with Crippen LogP contribution in [0.2, 0.25) is 0 Å². The first kappa shape index (κ1) is 70.1.